The number of carboxylic acids is 2. The summed E-state index contributed by atoms with van der Waals surface area (Å²) < 4.78 is 1.43. The zero-order chi connectivity index (χ0) is 15.4. The van der Waals surface area contributed by atoms with Crippen molar-refractivity contribution in [2.45, 2.75) is 13.8 Å². The number of carbonyl (C=O) groups is 2. The van der Waals surface area contributed by atoms with Gasteiger partial charge in [-0.05, 0) is 25.0 Å². The molecule has 0 saturated carbocycles. The first kappa shape index (κ1) is 19.9. The third kappa shape index (κ3) is 16.5. The molecule has 100 valence electrons. The predicted octanol–water partition coefficient (Wildman–Crippen LogP) is -0.895. The van der Waals surface area contributed by atoms with Gasteiger partial charge in [0.2, 0.25) is 0 Å². The zero-order valence-electron chi connectivity index (χ0n) is 10.9. The standard InChI is InChI=1S/C6H5.2C4H6O2.Bi/c1-2-4-6-5-3-1;2*1-3(2)4(5)6;/h1-5H;2*1H2,2H3,(H,5,6);/q;;;+2/p-2. The van der Waals surface area contributed by atoms with Gasteiger partial charge < -0.3 is 19.8 Å². The van der Waals surface area contributed by atoms with E-state index in [1.165, 1.54) is 41.8 Å². The van der Waals surface area contributed by atoms with Crippen LogP contribution in [0.4, 0.5) is 0 Å². The predicted molar refractivity (Wildman–Crippen MR) is 71.5 cm³/mol. The third-order valence-corrected chi connectivity index (χ3v) is 2.61. The number of carbonyl (C=O) groups excluding carboxylic acids is 2. The van der Waals surface area contributed by atoms with Crippen LogP contribution in [0.25, 0.3) is 0 Å². The van der Waals surface area contributed by atoms with E-state index < -0.39 is 11.9 Å². The number of carboxylic acid groups (broad SMARTS) is 2. The SMILES string of the molecule is C=C(C)C(=O)[O-].C=C(C)C(=O)[O-].[Bi+2][c]1ccccc1. The molecule has 0 N–H and O–H groups in total. The van der Waals surface area contributed by atoms with Crippen molar-refractivity contribution in [3.05, 3.63) is 54.6 Å². The Kier molecular flexibility index (Phi) is 12.1. The van der Waals surface area contributed by atoms with Crippen molar-refractivity contribution in [2.75, 3.05) is 0 Å². The average molecular weight is 456 g/mol. The second-order valence-corrected chi connectivity index (χ2v) is 5.48. The summed E-state index contributed by atoms with van der Waals surface area (Å²) in [5.41, 5.74) is 0.130. The Bertz CT molecular complexity index is 390. The Morgan fingerprint density at radius 3 is 1.32 bits per heavy atom. The summed E-state index contributed by atoms with van der Waals surface area (Å²) in [4.78, 5) is 19.0. The van der Waals surface area contributed by atoms with E-state index in [-0.39, 0.29) is 11.1 Å². The molecule has 0 aliphatic heterocycles. The Morgan fingerprint density at radius 1 is 0.947 bits per heavy atom. The Labute approximate surface area is 128 Å². The number of hydrogen-bond donors (Lipinski definition) is 0. The van der Waals surface area contributed by atoms with E-state index in [2.05, 4.69) is 37.4 Å². The normalized spacial score (nSPS) is 7.89. The van der Waals surface area contributed by atoms with Crippen LogP contribution in [0.3, 0.4) is 0 Å². The van der Waals surface area contributed by atoms with Crippen molar-refractivity contribution in [2.24, 2.45) is 0 Å². The van der Waals surface area contributed by atoms with Crippen LogP contribution in [0.15, 0.2) is 54.6 Å². The van der Waals surface area contributed by atoms with Gasteiger partial charge in [0.05, 0.1) is 11.9 Å². The van der Waals surface area contributed by atoms with Crippen molar-refractivity contribution in [3.63, 3.8) is 0 Å². The van der Waals surface area contributed by atoms with Gasteiger partial charge >= 0.3 is 58.3 Å². The van der Waals surface area contributed by atoms with Crippen molar-refractivity contribution in [1.82, 2.24) is 0 Å². The van der Waals surface area contributed by atoms with Crippen LogP contribution in [-0.2, 0) is 9.59 Å². The maximum absolute atomic E-state index is 9.49. The average Bonchev–Trinajstić information content (AvgIpc) is 2.31. The number of aliphatic carboxylic acids is 2. The minimum atomic E-state index is -1.19. The molecule has 0 aliphatic carbocycles. The van der Waals surface area contributed by atoms with E-state index in [0.717, 1.165) is 0 Å². The van der Waals surface area contributed by atoms with Crippen molar-refractivity contribution in [1.29, 1.82) is 0 Å². The van der Waals surface area contributed by atoms with Crippen LogP contribution in [0.2, 0.25) is 0 Å². The topological polar surface area (TPSA) is 80.3 Å². The fourth-order valence-corrected chi connectivity index (χ4v) is 1.10. The van der Waals surface area contributed by atoms with E-state index in [0.29, 0.717) is 0 Å². The fraction of sp³-hybridized carbons (Fsp3) is 0.143. The fourth-order valence-electron chi connectivity index (χ4n) is 0.428. The molecule has 0 fully saturated rings. The maximum atomic E-state index is 9.49. The summed E-state index contributed by atoms with van der Waals surface area (Å²) in [7, 11) is 0. The summed E-state index contributed by atoms with van der Waals surface area (Å²) in [5.74, 6) is -2.37. The molecule has 1 aromatic rings. The van der Waals surface area contributed by atoms with E-state index in [1.807, 2.05) is 6.07 Å². The van der Waals surface area contributed by atoms with Gasteiger partial charge in [0.1, 0.15) is 0 Å². The van der Waals surface area contributed by atoms with Gasteiger partial charge in [0.15, 0.2) is 0 Å². The van der Waals surface area contributed by atoms with Crippen molar-refractivity contribution >= 4 is 39.9 Å². The molecule has 0 unspecified atom stereocenters. The van der Waals surface area contributed by atoms with E-state index in [9.17, 15) is 19.8 Å². The molecule has 0 atom stereocenters. The van der Waals surface area contributed by atoms with Gasteiger partial charge in [-0.2, -0.15) is 0 Å². The number of rotatable bonds is 2. The molecule has 0 spiro atoms. The van der Waals surface area contributed by atoms with Crippen LogP contribution in [0, 0.1) is 0 Å². The van der Waals surface area contributed by atoms with Gasteiger partial charge in [0.25, 0.3) is 0 Å². The Balaban J connectivity index is 0. The first-order valence-corrected chi connectivity index (χ1v) is 6.90. The second-order valence-electron chi connectivity index (χ2n) is 3.47. The van der Waals surface area contributed by atoms with Crippen LogP contribution < -0.4 is 13.5 Å². The van der Waals surface area contributed by atoms with Gasteiger partial charge in [-0.3, -0.25) is 0 Å². The molecule has 1 rings (SSSR count). The van der Waals surface area contributed by atoms with Crippen LogP contribution in [0.5, 0.6) is 0 Å². The molecular weight excluding hydrogens is 441 g/mol. The van der Waals surface area contributed by atoms with Gasteiger partial charge in [-0.25, -0.2) is 0 Å². The summed E-state index contributed by atoms with van der Waals surface area (Å²) in [6, 6.07) is 10.4. The zero-order valence-corrected chi connectivity index (χ0v) is 14.4. The number of benzene rings is 1. The summed E-state index contributed by atoms with van der Waals surface area (Å²) in [5, 5.41) is 19.0. The van der Waals surface area contributed by atoms with Crippen molar-refractivity contribution < 1.29 is 19.8 Å². The molecule has 0 saturated heterocycles. The van der Waals surface area contributed by atoms with Crippen LogP contribution >= 0.6 is 0 Å². The van der Waals surface area contributed by atoms with E-state index in [4.69, 9.17) is 0 Å². The Hall–Kier alpha value is -1.48. The van der Waals surface area contributed by atoms with Gasteiger partial charge in [-0.1, -0.05) is 13.2 Å². The molecule has 5 heteroatoms. The molecule has 0 bridgehead atoms. The molecule has 0 amide bonds. The molecule has 0 aliphatic rings. The quantitative estimate of drug-likeness (QED) is 0.427. The molecule has 0 heterocycles. The molecular formula is C14H15BiO4. The monoisotopic (exact) mass is 456 g/mol. The third-order valence-electron chi connectivity index (χ3n) is 1.45. The van der Waals surface area contributed by atoms with E-state index >= 15 is 0 Å². The molecule has 2 radical (unpaired) electrons. The molecule has 19 heavy (non-hydrogen) atoms. The molecule has 4 nitrogen and oxygen atoms in total. The summed E-state index contributed by atoms with van der Waals surface area (Å²) in [6.45, 7) is 8.95. The van der Waals surface area contributed by atoms with Crippen LogP contribution in [0.1, 0.15) is 13.8 Å². The number of hydrogen-bond acceptors (Lipinski definition) is 4. The summed E-state index contributed by atoms with van der Waals surface area (Å²) >= 11 is 1.36. The van der Waals surface area contributed by atoms with E-state index in [1.54, 1.807) is 0 Å². The minimum absolute atomic E-state index is 0.0648. The molecule has 1 aromatic carbocycles. The second kappa shape index (κ2) is 11.6. The van der Waals surface area contributed by atoms with Gasteiger partial charge in [-0.15, -0.1) is 0 Å². The van der Waals surface area contributed by atoms with Crippen LogP contribution in [-0.4, -0.2) is 36.7 Å². The first-order chi connectivity index (χ1) is 8.68. The Morgan fingerprint density at radius 2 is 1.21 bits per heavy atom. The first-order valence-electron chi connectivity index (χ1n) is 5.16. The van der Waals surface area contributed by atoms with Crippen molar-refractivity contribution in [3.8, 4) is 0 Å². The summed E-state index contributed by atoms with van der Waals surface area (Å²) in [6.07, 6.45) is 0. The molecule has 0 aromatic heterocycles. The van der Waals surface area contributed by atoms with Gasteiger partial charge in [0, 0.05) is 0 Å².